The summed E-state index contributed by atoms with van der Waals surface area (Å²) in [6, 6.07) is 3.15. The number of hydrogen-bond acceptors (Lipinski definition) is 7. The second kappa shape index (κ2) is 11.0. The average molecular weight is 596 g/mol. The number of alkyl halides is 1. The highest BCUT2D eigenvalue weighted by Gasteiger charge is 2.49. The van der Waals surface area contributed by atoms with Gasteiger partial charge in [0.05, 0.1) is 11.2 Å². The Kier molecular flexibility index (Phi) is 7.31. The van der Waals surface area contributed by atoms with Gasteiger partial charge in [-0.15, -0.1) is 6.58 Å². The summed E-state index contributed by atoms with van der Waals surface area (Å²) in [6.45, 7) is 8.01. The fourth-order valence-corrected chi connectivity index (χ4v) is 7.79. The molecule has 0 bridgehead atoms. The maximum Gasteiger partial charge on any atom is 0.317 e. The number of hydrogen-bond donors (Lipinski definition) is 1. The van der Waals surface area contributed by atoms with Crippen molar-refractivity contribution in [3.8, 4) is 23.0 Å². The molecule has 2 aromatic heterocycles. The summed E-state index contributed by atoms with van der Waals surface area (Å²) < 4.78 is 37.2. The Hall–Kier alpha value is -2.88. The molecule has 7 nitrogen and oxygen atoms in total. The Morgan fingerprint density at radius 2 is 1.95 bits per heavy atom. The van der Waals surface area contributed by atoms with Crippen molar-refractivity contribution < 1.29 is 18.6 Å². The van der Waals surface area contributed by atoms with E-state index in [0.717, 1.165) is 76.0 Å². The van der Waals surface area contributed by atoms with Crippen LogP contribution < -0.4 is 4.74 Å². The summed E-state index contributed by atoms with van der Waals surface area (Å²) in [5.41, 5.74) is 1.91. The van der Waals surface area contributed by atoms with Crippen molar-refractivity contribution in [2.45, 2.75) is 68.5 Å². The monoisotopic (exact) mass is 595 g/mol. The van der Waals surface area contributed by atoms with Crippen molar-refractivity contribution in [1.29, 1.82) is 0 Å². The summed E-state index contributed by atoms with van der Waals surface area (Å²) in [5, 5.41) is 11.3. The fraction of sp³-hybridized carbons (Fsp3) is 0.531. The van der Waals surface area contributed by atoms with Gasteiger partial charge in [0, 0.05) is 47.6 Å². The molecular weight excluding hydrogens is 560 g/mol. The van der Waals surface area contributed by atoms with Crippen LogP contribution >= 0.6 is 11.6 Å². The van der Waals surface area contributed by atoms with E-state index in [4.69, 9.17) is 21.3 Å². The molecule has 0 unspecified atom stereocenters. The van der Waals surface area contributed by atoms with E-state index in [-0.39, 0.29) is 47.0 Å². The molecule has 42 heavy (non-hydrogen) atoms. The van der Waals surface area contributed by atoms with E-state index in [1.54, 1.807) is 6.20 Å². The number of aromatic hydroxyl groups is 1. The van der Waals surface area contributed by atoms with Gasteiger partial charge in [0.2, 0.25) is 0 Å². The smallest absolute Gasteiger partial charge is 0.317 e. The van der Waals surface area contributed by atoms with Crippen LogP contribution in [0.2, 0.25) is 5.02 Å². The Bertz CT molecular complexity index is 1530. The molecule has 3 saturated heterocycles. The minimum Gasteiger partial charge on any atom is -0.508 e. The highest BCUT2D eigenvalue weighted by Crippen LogP contribution is 2.49. The first-order valence-electron chi connectivity index (χ1n) is 15.1. The van der Waals surface area contributed by atoms with Gasteiger partial charge in [-0.25, -0.2) is 8.78 Å². The van der Waals surface area contributed by atoms with Crippen LogP contribution in [-0.2, 0) is 0 Å². The molecule has 2 atom stereocenters. The van der Waals surface area contributed by atoms with Crippen molar-refractivity contribution in [1.82, 2.24) is 24.8 Å². The molecule has 1 N–H and O–H groups in total. The Balaban J connectivity index is 1.30. The van der Waals surface area contributed by atoms with Crippen LogP contribution in [0.1, 0.15) is 68.0 Å². The predicted octanol–water partition coefficient (Wildman–Crippen LogP) is 6.39. The molecule has 0 spiro atoms. The molecular formula is C32H36ClF2N5O2. The molecule has 0 radical (unpaired) electrons. The number of benzene rings is 1. The lowest BCUT2D eigenvalue weighted by molar-refractivity contribution is 0.107. The molecule has 3 aliphatic heterocycles. The molecule has 1 aliphatic carbocycles. The molecule has 5 heterocycles. The highest BCUT2D eigenvalue weighted by molar-refractivity contribution is 6.32. The third-order valence-corrected chi connectivity index (χ3v) is 9.95. The maximum absolute atomic E-state index is 16.6. The lowest BCUT2D eigenvalue weighted by Crippen LogP contribution is -2.43. The number of nitrogens with zero attached hydrogens (tertiary/aromatic N) is 5. The summed E-state index contributed by atoms with van der Waals surface area (Å²) in [4.78, 5) is 18.6. The van der Waals surface area contributed by atoms with E-state index in [1.165, 1.54) is 12.1 Å². The summed E-state index contributed by atoms with van der Waals surface area (Å²) in [5.74, 6) is -0.322. The zero-order valence-corrected chi connectivity index (χ0v) is 24.4. The third kappa shape index (κ3) is 5.03. The number of piperidine rings is 1. The molecule has 1 aromatic carbocycles. The van der Waals surface area contributed by atoms with E-state index >= 15 is 4.39 Å². The van der Waals surface area contributed by atoms with Crippen LogP contribution in [-0.4, -0.2) is 80.9 Å². The molecule has 222 valence electrons. The average Bonchev–Trinajstić information content (AvgIpc) is 3.65. The third-order valence-electron chi connectivity index (χ3n) is 9.64. The number of halogens is 3. The Labute approximate surface area is 249 Å². The van der Waals surface area contributed by atoms with Gasteiger partial charge in [-0.3, -0.25) is 14.8 Å². The Morgan fingerprint density at radius 1 is 1.14 bits per heavy atom. The quantitative estimate of drug-likeness (QED) is 0.303. The molecule has 4 fully saturated rings. The zero-order chi connectivity index (χ0) is 29.0. The van der Waals surface area contributed by atoms with Crippen molar-refractivity contribution in [2.24, 2.45) is 0 Å². The Morgan fingerprint density at radius 3 is 2.71 bits per heavy atom. The van der Waals surface area contributed by atoms with Crippen molar-refractivity contribution in [3.05, 3.63) is 53.1 Å². The molecule has 10 heteroatoms. The minimum atomic E-state index is -0.872. The summed E-state index contributed by atoms with van der Waals surface area (Å²) in [6.07, 6.45) is 8.62. The summed E-state index contributed by atoms with van der Waals surface area (Å²) >= 11 is 6.54. The fourth-order valence-electron chi connectivity index (χ4n) is 7.43. The normalized spacial score (nSPS) is 25.3. The van der Waals surface area contributed by atoms with Gasteiger partial charge < -0.3 is 9.84 Å². The van der Waals surface area contributed by atoms with Crippen LogP contribution in [0.5, 0.6) is 11.8 Å². The molecule has 0 amide bonds. The topological polar surface area (TPSA) is 74.6 Å². The van der Waals surface area contributed by atoms with Crippen LogP contribution in [0, 0.1) is 5.82 Å². The van der Waals surface area contributed by atoms with Gasteiger partial charge in [0.25, 0.3) is 0 Å². The van der Waals surface area contributed by atoms with Gasteiger partial charge in [-0.1, -0.05) is 17.7 Å². The van der Waals surface area contributed by atoms with E-state index in [1.807, 2.05) is 6.08 Å². The maximum atomic E-state index is 16.6. The molecule has 1 saturated carbocycles. The van der Waals surface area contributed by atoms with E-state index in [2.05, 4.69) is 26.3 Å². The van der Waals surface area contributed by atoms with Gasteiger partial charge in [-0.2, -0.15) is 9.97 Å². The number of likely N-dealkylation sites (tertiary alicyclic amines) is 1. The lowest BCUT2D eigenvalue weighted by Gasteiger charge is -2.32. The SMILES string of the molecule is C=CCN1CCC(c2nc(OC[C@@]34CCCN3C[C@H](F)C4)nc3c(F)c(-c4cc(O)cc(Cl)c4C4CC4)ncc23)CC1. The minimum absolute atomic E-state index is 0.0394. The predicted molar refractivity (Wildman–Crippen MR) is 159 cm³/mol. The highest BCUT2D eigenvalue weighted by atomic mass is 35.5. The van der Waals surface area contributed by atoms with Crippen molar-refractivity contribution in [3.63, 3.8) is 0 Å². The first kappa shape index (κ1) is 27.9. The summed E-state index contributed by atoms with van der Waals surface area (Å²) in [7, 11) is 0. The molecule has 7 rings (SSSR count). The van der Waals surface area contributed by atoms with Crippen LogP contribution in [0.4, 0.5) is 8.78 Å². The van der Waals surface area contributed by atoms with E-state index in [9.17, 15) is 9.50 Å². The second-order valence-electron chi connectivity index (χ2n) is 12.5. The first-order chi connectivity index (χ1) is 20.3. The largest absolute Gasteiger partial charge is 0.508 e. The standard InChI is InChI=1S/C32H36ClF2N5O2/c1-2-9-39-11-6-20(7-12-39)28-24-16-36-29(23-13-22(41)14-25(33)26(23)19-4-5-19)27(35)30(24)38-31(37-28)42-18-32-8-3-10-40(32)17-21(34)15-32/h2,13-14,16,19-21,41H,1,3-12,15,17-18H2/t21-,32+/m1/s1. The molecule has 3 aromatic rings. The van der Waals surface area contributed by atoms with Crippen molar-refractivity contribution >= 4 is 22.5 Å². The van der Waals surface area contributed by atoms with Gasteiger partial charge >= 0.3 is 6.01 Å². The van der Waals surface area contributed by atoms with E-state index < -0.39 is 12.0 Å². The number of phenols is 1. The first-order valence-corrected chi connectivity index (χ1v) is 15.5. The number of ether oxygens (including phenoxy) is 1. The van der Waals surface area contributed by atoms with Gasteiger partial charge in [0.1, 0.15) is 29.7 Å². The molecule has 4 aliphatic rings. The van der Waals surface area contributed by atoms with Crippen LogP contribution in [0.15, 0.2) is 31.0 Å². The van der Waals surface area contributed by atoms with Crippen LogP contribution in [0.3, 0.4) is 0 Å². The van der Waals surface area contributed by atoms with Gasteiger partial charge in [0.15, 0.2) is 5.82 Å². The number of pyridine rings is 1. The number of rotatable bonds is 8. The lowest BCUT2D eigenvalue weighted by atomic mass is 9.91. The van der Waals surface area contributed by atoms with Gasteiger partial charge in [-0.05, 0) is 81.8 Å². The second-order valence-corrected chi connectivity index (χ2v) is 12.9. The number of aromatic nitrogens is 3. The number of fused-ring (bicyclic) bond motifs is 2. The number of phenolic OH excluding ortho intramolecular Hbond substituents is 1. The zero-order valence-electron chi connectivity index (χ0n) is 23.7. The van der Waals surface area contributed by atoms with Crippen molar-refractivity contribution in [2.75, 3.05) is 39.3 Å². The van der Waals surface area contributed by atoms with E-state index in [0.29, 0.717) is 28.9 Å². The van der Waals surface area contributed by atoms with Crippen LogP contribution in [0.25, 0.3) is 22.2 Å².